The summed E-state index contributed by atoms with van der Waals surface area (Å²) >= 11 is 1.58. The summed E-state index contributed by atoms with van der Waals surface area (Å²) in [7, 11) is 3.10. The molecule has 0 bridgehead atoms. The maximum Gasteiger partial charge on any atom is 0.263 e. The van der Waals surface area contributed by atoms with Gasteiger partial charge in [-0.15, -0.1) is 0 Å². The zero-order chi connectivity index (χ0) is 18.5. The number of amidine groups is 1. The number of amides is 1. The van der Waals surface area contributed by atoms with Crippen LogP contribution in [0.15, 0.2) is 47.5 Å². The topological polar surface area (TPSA) is 51.1 Å². The van der Waals surface area contributed by atoms with Crippen LogP contribution in [-0.2, 0) is 5.75 Å². The molecule has 0 radical (unpaired) electrons. The molecule has 0 spiro atoms. The summed E-state index contributed by atoms with van der Waals surface area (Å²) in [6.45, 7) is 3.27. The van der Waals surface area contributed by atoms with E-state index in [9.17, 15) is 4.79 Å². The number of aryl methyl sites for hydroxylation is 1. The van der Waals surface area contributed by atoms with Crippen LogP contribution in [0.3, 0.4) is 0 Å². The largest absolute Gasteiger partial charge is 0.493 e. The zero-order valence-corrected chi connectivity index (χ0v) is 16.0. The fraction of sp³-hybridized carbons (Fsp3) is 0.300. The number of benzene rings is 2. The van der Waals surface area contributed by atoms with E-state index in [0.29, 0.717) is 30.2 Å². The van der Waals surface area contributed by atoms with Gasteiger partial charge in [0.25, 0.3) is 5.91 Å². The van der Waals surface area contributed by atoms with Gasteiger partial charge in [-0.05, 0) is 24.6 Å². The van der Waals surface area contributed by atoms with Gasteiger partial charge in [0.1, 0.15) is 0 Å². The van der Waals surface area contributed by atoms with Crippen molar-refractivity contribution in [1.82, 2.24) is 4.90 Å². The molecule has 0 aliphatic carbocycles. The number of hydrogen-bond donors (Lipinski definition) is 0. The predicted molar refractivity (Wildman–Crippen MR) is 105 cm³/mol. The maximum atomic E-state index is 13.1. The van der Waals surface area contributed by atoms with Crippen molar-refractivity contribution in [3.05, 3.63) is 59.2 Å². The normalized spacial score (nSPS) is 13.5. The zero-order valence-electron chi connectivity index (χ0n) is 15.2. The van der Waals surface area contributed by atoms with E-state index < -0.39 is 0 Å². The van der Waals surface area contributed by atoms with Crippen LogP contribution in [0.4, 0.5) is 0 Å². The molecule has 2 aromatic rings. The first kappa shape index (κ1) is 18.3. The Labute approximate surface area is 158 Å². The van der Waals surface area contributed by atoms with Crippen molar-refractivity contribution in [3.63, 3.8) is 0 Å². The van der Waals surface area contributed by atoms with Crippen molar-refractivity contribution in [2.45, 2.75) is 12.7 Å². The molecule has 0 saturated carbocycles. The molecule has 0 N–H and O–H groups in total. The number of methoxy groups -OCH3 is 2. The Bertz CT molecular complexity index is 818. The molecule has 0 aromatic heterocycles. The Morgan fingerprint density at radius 1 is 1.15 bits per heavy atom. The van der Waals surface area contributed by atoms with Gasteiger partial charge < -0.3 is 9.47 Å². The lowest BCUT2D eigenvalue weighted by Gasteiger charge is -2.20. The van der Waals surface area contributed by atoms with Crippen LogP contribution >= 0.6 is 11.8 Å². The molecule has 1 amide bonds. The fourth-order valence-electron chi connectivity index (χ4n) is 2.77. The quantitative estimate of drug-likeness (QED) is 0.804. The number of rotatable bonds is 5. The van der Waals surface area contributed by atoms with Crippen LogP contribution in [-0.4, -0.2) is 43.3 Å². The van der Waals surface area contributed by atoms with Crippen LogP contribution < -0.4 is 9.47 Å². The van der Waals surface area contributed by atoms with Crippen LogP contribution in [0.25, 0.3) is 0 Å². The molecule has 0 unspecified atom stereocenters. The second kappa shape index (κ2) is 8.27. The van der Waals surface area contributed by atoms with E-state index in [1.54, 1.807) is 49.1 Å². The van der Waals surface area contributed by atoms with Gasteiger partial charge in [0, 0.05) is 12.3 Å². The Morgan fingerprint density at radius 3 is 2.62 bits per heavy atom. The summed E-state index contributed by atoms with van der Waals surface area (Å²) in [6.07, 6.45) is 0. The molecule has 1 aliphatic heterocycles. The number of para-hydroxylation sites is 1. The average molecular weight is 370 g/mol. The van der Waals surface area contributed by atoms with Gasteiger partial charge in [0.2, 0.25) is 0 Å². The van der Waals surface area contributed by atoms with E-state index in [1.807, 2.05) is 0 Å². The lowest BCUT2D eigenvalue weighted by molar-refractivity contribution is 0.0856. The van der Waals surface area contributed by atoms with Crippen LogP contribution in [0.5, 0.6) is 11.5 Å². The molecular formula is C20H22N2O3S. The van der Waals surface area contributed by atoms with Gasteiger partial charge in [-0.2, -0.15) is 0 Å². The highest BCUT2D eigenvalue weighted by molar-refractivity contribution is 8.13. The van der Waals surface area contributed by atoms with Crippen LogP contribution in [0.1, 0.15) is 21.5 Å². The molecule has 0 saturated heterocycles. The minimum atomic E-state index is -0.117. The Balaban J connectivity index is 1.75. The summed E-state index contributed by atoms with van der Waals surface area (Å²) in [4.78, 5) is 19.3. The van der Waals surface area contributed by atoms with Crippen molar-refractivity contribution in [2.75, 3.05) is 27.3 Å². The van der Waals surface area contributed by atoms with Crippen molar-refractivity contribution >= 4 is 22.8 Å². The van der Waals surface area contributed by atoms with E-state index in [1.165, 1.54) is 11.1 Å². The van der Waals surface area contributed by atoms with E-state index in [0.717, 1.165) is 10.9 Å². The first-order chi connectivity index (χ1) is 12.6. The molecule has 136 valence electrons. The Kier molecular flexibility index (Phi) is 5.83. The highest BCUT2D eigenvalue weighted by atomic mass is 32.2. The van der Waals surface area contributed by atoms with Gasteiger partial charge >= 0.3 is 0 Å². The molecule has 5 nitrogen and oxygen atoms in total. The second-order valence-electron chi connectivity index (χ2n) is 5.94. The number of nitrogens with zero attached hydrogens (tertiary/aromatic N) is 2. The molecule has 3 rings (SSSR count). The summed E-state index contributed by atoms with van der Waals surface area (Å²) < 4.78 is 10.7. The minimum Gasteiger partial charge on any atom is -0.493 e. The number of aliphatic imine (C=N–C) groups is 1. The highest BCUT2D eigenvalue weighted by Gasteiger charge is 2.28. The molecular weight excluding hydrogens is 348 g/mol. The molecule has 2 aromatic carbocycles. The van der Waals surface area contributed by atoms with Crippen molar-refractivity contribution in [1.29, 1.82) is 0 Å². The number of ether oxygens (including phenoxy) is 2. The number of carbonyl (C=O) groups is 1. The summed E-state index contributed by atoms with van der Waals surface area (Å²) in [5, 5.41) is 0.750. The third-order valence-electron chi connectivity index (χ3n) is 4.17. The van der Waals surface area contributed by atoms with Crippen molar-refractivity contribution in [3.8, 4) is 11.5 Å². The van der Waals surface area contributed by atoms with Crippen LogP contribution in [0, 0.1) is 6.92 Å². The van der Waals surface area contributed by atoms with Gasteiger partial charge in [-0.1, -0.05) is 47.7 Å². The third kappa shape index (κ3) is 3.85. The molecule has 1 heterocycles. The number of thioether (sulfide) groups is 1. The first-order valence-corrected chi connectivity index (χ1v) is 9.38. The third-order valence-corrected chi connectivity index (χ3v) is 5.25. The first-order valence-electron chi connectivity index (χ1n) is 8.39. The molecule has 0 atom stereocenters. The molecule has 6 heteroatoms. The Hall–Kier alpha value is -2.47. The van der Waals surface area contributed by atoms with Gasteiger partial charge in [-0.3, -0.25) is 14.7 Å². The molecule has 26 heavy (non-hydrogen) atoms. The Morgan fingerprint density at radius 2 is 1.92 bits per heavy atom. The highest BCUT2D eigenvalue weighted by Crippen LogP contribution is 2.32. The number of hydrogen-bond acceptors (Lipinski definition) is 5. The van der Waals surface area contributed by atoms with Crippen LogP contribution in [0.2, 0.25) is 0 Å². The summed E-state index contributed by atoms with van der Waals surface area (Å²) in [6, 6.07) is 13.7. The van der Waals surface area contributed by atoms with E-state index >= 15 is 0 Å². The smallest absolute Gasteiger partial charge is 0.263 e. The minimum absolute atomic E-state index is 0.117. The molecule has 1 aliphatic rings. The monoisotopic (exact) mass is 370 g/mol. The van der Waals surface area contributed by atoms with E-state index in [4.69, 9.17) is 9.47 Å². The average Bonchev–Trinajstić information content (AvgIpc) is 3.14. The number of carbonyl (C=O) groups excluding carboxylic acids is 1. The fourth-order valence-corrected chi connectivity index (χ4v) is 3.77. The SMILES string of the molecule is COc1cccc(C(=O)N2CCN=C2SCc2ccc(C)cc2)c1OC. The van der Waals surface area contributed by atoms with Crippen molar-refractivity contribution < 1.29 is 14.3 Å². The van der Waals surface area contributed by atoms with Gasteiger partial charge in [0.15, 0.2) is 16.7 Å². The van der Waals surface area contributed by atoms with E-state index in [2.05, 4.69) is 36.2 Å². The van der Waals surface area contributed by atoms with E-state index in [-0.39, 0.29) is 5.91 Å². The molecule has 0 fully saturated rings. The standard InChI is InChI=1S/C20H22N2O3S/c1-14-7-9-15(10-8-14)13-26-20-21-11-12-22(20)19(23)16-5-4-6-17(24-2)18(16)25-3/h4-10H,11-13H2,1-3H3. The van der Waals surface area contributed by atoms with Gasteiger partial charge in [0.05, 0.1) is 26.3 Å². The maximum absolute atomic E-state index is 13.1. The van der Waals surface area contributed by atoms with Gasteiger partial charge in [-0.25, -0.2) is 0 Å². The lowest BCUT2D eigenvalue weighted by atomic mass is 10.1. The lowest BCUT2D eigenvalue weighted by Crippen LogP contribution is -2.33. The second-order valence-corrected chi connectivity index (χ2v) is 6.88. The predicted octanol–water partition coefficient (Wildman–Crippen LogP) is 3.76. The summed E-state index contributed by atoms with van der Waals surface area (Å²) in [5.41, 5.74) is 2.93. The summed E-state index contributed by atoms with van der Waals surface area (Å²) in [5.74, 6) is 1.66. The van der Waals surface area contributed by atoms with Crippen molar-refractivity contribution in [2.24, 2.45) is 4.99 Å².